The summed E-state index contributed by atoms with van der Waals surface area (Å²) in [5.74, 6) is -6.83. The van der Waals surface area contributed by atoms with Gasteiger partial charge in [0.2, 0.25) is 0 Å². The molecule has 0 nitrogen and oxygen atoms in total. The number of halogens is 4. The second-order valence-corrected chi connectivity index (χ2v) is 3.62. The zero-order chi connectivity index (χ0) is 10.5. The molecule has 0 spiro atoms. The van der Waals surface area contributed by atoms with Crippen molar-refractivity contribution in [3.05, 3.63) is 34.9 Å². The highest BCUT2D eigenvalue weighted by molar-refractivity contribution is 5.38. The molecule has 1 aliphatic rings. The molecule has 1 unspecified atom stereocenters. The van der Waals surface area contributed by atoms with Crippen molar-refractivity contribution in [1.29, 1.82) is 0 Å². The van der Waals surface area contributed by atoms with E-state index in [9.17, 15) is 17.6 Å². The molecule has 0 saturated heterocycles. The van der Waals surface area contributed by atoms with E-state index in [1.165, 1.54) is 13.0 Å². The summed E-state index contributed by atoms with van der Waals surface area (Å²) in [6.45, 7) is 1.33. The van der Waals surface area contributed by atoms with Gasteiger partial charge in [-0.1, -0.05) is 13.0 Å². The standard InChI is InChI=1S/C10H8F4/c1-5-4-6-2-3-7(11)9(12)8(6)10(5,13)14/h2-3,5H,4H2,1H3. The molecule has 14 heavy (non-hydrogen) atoms. The van der Waals surface area contributed by atoms with Crippen LogP contribution in [0.15, 0.2) is 12.1 Å². The van der Waals surface area contributed by atoms with Gasteiger partial charge in [-0.2, -0.15) is 0 Å². The summed E-state index contributed by atoms with van der Waals surface area (Å²) < 4.78 is 52.6. The van der Waals surface area contributed by atoms with Crippen LogP contribution in [0.2, 0.25) is 0 Å². The van der Waals surface area contributed by atoms with Crippen LogP contribution >= 0.6 is 0 Å². The fraction of sp³-hybridized carbons (Fsp3) is 0.400. The smallest absolute Gasteiger partial charge is 0.204 e. The minimum Gasteiger partial charge on any atom is -0.204 e. The summed E-state index contributed by atoms with van der Waals surface area (Å²) in [5, 5.41) is 0. The van der Waals surface area contributed by atoms with Gasteiger partial charge in [0.25, 0.3) is 5.92 Å². The Morgan fingerprint density at radius 2 is 1.93 bits per heavy atom. The highest BCUT2D eigenvalue weighted by Crippen LogP contribution is 2.47. The lowest BCUT2D eigenvalue weighted by Crippen LogP contribution is -2.19. The molecule has 0 radical (unpaired) electrons. The van der Waals surface area contributed by atoms with Crippen molar-refractivity contribution in [3.63, 3.8) is 0 Å². The number of benzene rings is 1. The van der Waals surface area contributed by atoms with E-state index in [1.54, 1.807) is 0 Å². The highest BCUT2D eigenvalue weighted by atomic mass is 19.3. The van der Waals surface area contributed by atoms with Crippen molar-refractivity contribution in [3.8, 4) is 0 Å². The van der Waals surface area contributed by atoms with E-state index in [-0.39, 0.29) is 12.0 Å². The third kappa shape index (κ3) is 1.06. The van der Waals surface area contributed by atoms with Crippen molar-refractivity contribution >= 4 is 0 Å². The van der Waals surface area contributed by atoms with Crippen LogP contribution in [0, 0.1) is 17.6 Å². The van der Waals surface area contributed by atoms with Gasteiger partial charge in [-0.25, -0.2) is 17.6 Å². The largest absolute Gasteiger partial charge is 0.279 e. The van der Waals surface area contributed by atoms with Crippen LogP contribution in [-0.2, 0) is 12.3 Å². The fourth-order valence-corrected chi connectivity index (χ4v) is 1.83. The molecule has 0 N–H and O–H groups in total. The molecule has 0 heterocycles. The van der Waals surface area contributed by atoms with Gasteiger partial charge in [0, 0.05) is 5.92 Å². The number of hydrogen-bond donors (Lipinski definition) is 0. The van der Waals surface area contributed by atoms with Gasteiger partial charge in [0.15, 0.2) is 11.6 Å². The Balaban J connectivity index is 2.68. The average Bonchev–Trinajstić information content (AvgIpc) is 2.32. The quantitative estimate of drug-likeness (QED) is 0.569. The van der Waals surface area contributed by atoms with Gasteiger partial charge in [-0.15, -0.1) is 0 Å². The topological polar surface area (TPSA) is 0 Å². The first-order valence-electron chi connectivity index (χ1n) is 4.29. The number of rotatable bonds is 0. The first-order chi connectivity index (χ1) is 6.44. The molecule has 0 aromatic heterocycles. The SMILES string of the molecule is CC1Cc2ccc(F)c(F)c2C1(F)F. The van der Waals surface area contributed by atoms with E-state index < -0.39 is 29.0 Å². The predicted octanol–water partition coefficient (Wildman–Crippen LogP) is 3.25. The van der Waals surface area contributed by atoms with E-state index >= 15 is 0 Å². The van der Waals surface area contributed by atoms with Crippen molar-refractivity contribution in [1.82, 2.24) is 0 Å². The molecule has 0 aliphatic heterocycles. The zero-order valence-corrected chi connectivity index (χ0v) is 7.45. The summed E-state index contributed by atoms with van der Waals surface area (Å²) in [5.41, 5.74) is -0.550. The maximum atomic E-state index is 13.4. The van der Waals surface area contributed by atoms with Crippen molar-refractivity contribution < 1.29 is 17.6 Å². The molecule has 1 aromatic carbocycles. The lowest BCUT2D eigenvalue weighted by Gasteiger charge is -2.15. The van der Waals surface area contributed by atoms with Crippen LogP contribution in [0.4, 0.5) is 17.6 Å². The van der Waals surface area contributed by atoms with Gasteiger partial charge >= 0.3 is 0 Å². The second-order valence-electron chi connectivity index (χ2n) is 3.62. The van der Waals surface area contributed by atoms with Gasteiger partial charge in [0.1, 0.15) is 0 Å². The minimum absolute atomic E-state index is 0.0968. The molecule has 0 saturated carbocycles. The maximum absolute atomic E-state index is 13.4. The molecule has 0 fully saturated rings. The van der Waals surface area contributed by atoms with Crippen LogP contribution < -0.4 is 0 Å². The summed E-state index contributed by atoms with van der Waals surface area (Å²) in [6, 6.07) is 2.12. The van der Waals surface area contributed by atoms with Crippen LogP contribution in [0.3, 0.4) is 0 Å². The van der Waals surface area contributed by atoms with Crippen LogP contribution in [0.25, 0.3) is 0 Å². The van der Waals surface area contributed by atoms with E-state index in [0.717, 1.165) is 6.07 Å². The first kappa shape index (κ1) is 9.49. The molecule has 0 amide bonds. The van der Waals surface area contributed by atoms with E-state index in [1.807, 2.05) is 0 Å². The van der Waals surface area contributed by atoms with Crippen molar-refractivity contribution in [2.24, 2.45) is 5.92 Å². The molecule has 4 heteroatoms. The Bertz CT molecular complexity index is 384. The summed E-state index contributed by atoms with van der Waals surface area (Å²) in [4.78, 5) is 0. The lowest BCUT2D eigenvalue weighted by molar-refractivity contribution is -0.0481. The molecular formula is C10H8F4. The van der Waals surface area contributed by atoms with Gasteiger partial charge in [-0.3, -0.25) is 0 Å². The van der Waals surface area contributed by atoms with E-state index in [4.69, 9.17) is 0 Å². The molecule has 2 rings (SSSR count). The van der Waals surface area contributed by atoms with E-state index in [2.05, 4.69) is 0 Å². The highest BCUT2D eigenvalue weighted by Gasteiger charge is 2.48. The molecule has 0 bridgehead atoms. The summed E-state index contributed by atoms with van der Waals surface area (Å²) >= 11 is 0. The van der Waals surface area contributed by atoms with Crippen LogP contribution in [0.1, 0.15) is 18.1 Å². The number of hydrogen-bond acceptors (Lipinski definition) is 0. The first-order valence-corrected chi connectivity index (χ1v) is 4.29. The fourth-order valence-electron chi connectivity index (χ4n) is 1.83. The molecule has 76 valence electrons. The lowest BCUT2D eigenvalue weighted by atomic mass is 10.0. The van der Waals surface area contributed by atoms with Gasteiger partial charge in [-0.05, 0) is 18.1 Å². The third-order valence-corrected chi connectivity index (χ3v) is 2.66. The third-order valence-electron chi connectivity index (χ3n) is 2.66. The molecular weight excluding hydrogens is 196 g/mol. The van der Waals surface area contributed by atoms with Crippen LogP contribution in [0.5, 0.6) is 0 Å². The average molecular weight is 204 g/mol. The minimum atomic E-state index is -3.25. The van der Waals surface area contributed by atoms with Gasteiger partial charge in [0.05, 0.1) is 5.56 Å². The summed E-state index contributed by atoms with van der Waals surface area (Å²) in [7, 11) is 0. The number of fused-ring (bicyclic) bond motifs is 1. The predicted molar refractivity (Wildman–Crippen MR) is 43.1 cm³/mol. The Morgan fingerprint density at radius 3 is 2.57 bits per heavy atom. The Kier molecular flexibility index (Phi) is 1.84. The van der Waals surface area contributed by atoms with E-state index in [0.29, 0.717) is 0 Å². The Labute approximate surface area is 78.5 Å². The maximum Gasteiger partial charge on any atom is 0.279 e. The molecule has 1 aliphatic carbocycles. The van der Waals surface area contributed by atoms with Gasteiger partial charge < -0.3 is 0 Å². The molecule has 1 aromatic rings. The van der Waals surface area contributed by atoms with Crippen LogP contribution in [-0.4, -0.2) is 0 Å². The Morgan fingerprint density at radius 1 is 1.29 bits per heavy atom. The summed E-state index contributed by atoms with van der Waals surface area (Å²) in [6.07, 6.45) is 0.0968. The second kappa shape index (κ2) is 2.72. The number of alkyl halides is 2. The normalized spacial score (nSPS) is 23.6. The molecule has 1 atom stereocenters. The zero-order valence-electron chi connectivity index (χ0n) is 7.45. The Hall–Kier alpha value is -1.06. The van der Waals surface area contributed by atoms with Crippen molar-refractivity contribution in [2.75, 3.05) is 0 Å². The van der Waals surface area contributed by atoms with Crippen molar-refractivity contribution in [2.45, 2.75) is 19.3 Å². The monoisotopic (exact) mass is 204 g/mol.